The summed E-state index contributed by atoms with van der Waals surface area (Å²) in [4.78, 5) is 32.5. The van der Waals surface area contributed by atoms with Gasteiger partial charge in [0, 0.05) is 44.3 Å². The summed E-state index contributed by atoms with van der Waals surface area (Å²) < 4.78 is 27.4. The maximum atomic E-state index is 13.2. The molecule has 9 nitrogen and oxygen atoms in total. The number of anilines is 1. The number of benzene rings is 1. The molecule has 4 aromatic rings. The Balaban J connectivity index is 0.000000286. The summed E-state index contributed by atoms with van der Waals surface area (Å²) in [7, 11) is 0. The number of rotatable bonds is 3. The Morgan fingerprint density at radius 1 is 0.944 bits per heavy atom. The molecule has 0 saturated carbocycles. The van der Waals surface area contributed by atoms with Crippen LogP contribution in [0.4, 0.5) is 14.5 Å². The van der Waals surface area contributed by atoms with Gasteiger partial charge in [-0.25, -0.2) is 23.1 Å². The molecule has 1 N–H and O–H groups in total. The average Bonchev–Trinajstić information content (AvgIpc) is 3.64. The van der Waals surface area contributed by atoms with Gasteiger partial charge in [0.1, 0.15) is 17.5 Å². The molecular formula is C25H24F2N6O3. The predicted molar refractivity (Wildman–Crippen MR) is 127 cm³/mol. The van der Waals surface area contributed by atoms with Crippen molar-refractivity contribution >= 4 is 23.1 Å². The van der Waals surface area contributed by atoms with E-state index in [1.807, 2.05) is 18.3 Å². The second-order valence-electron chi connectivity index (χ2n) is 8.67. The van der Waals surface area contributed by atoms with Crippen LogP contribution in [0.2, 0.25) is 0 Å². The molecule has 3 aromatic heterocycles. The smallest absolute Gasteiger partial charge is 0.356 e. The van der Waals surface area contributed by atoms with Gasteiger partial charge in [-0.05, 0) is 49.2 Å². The minimum absolute atomic E-state index is 0.00976. The van der Waals surface area contributed by atoms with Gasteiger partial charge in [-0.15, -0.1) is 0 Å². The Kier molecular flexibility index (Phi) is 6.36. The molecule has 1 amide bonds. The van der Waals surface area contributed by atoms with Gasteiger partial charge in [0.25, 0.3) is 5.91 Å². The van der Waals surface area contributed by atoms with Crippen molar-refractivity contribution in [3.63, 3.8) is 0 Å². The van der Waals surface area contributed by atoms with Crippen LogP contribution in [-0.4, -0.2) is 60.7 Å². The van der Waals surface area contributed by atoms with Crippen molar-refractivity contribution in [3.05, 3.63) is 83.7 Å². The zero-order valence-electron chi connectivity index (χ0n) is 19.3. The van der Waals surface area contributed by atoms with Crippen molar-refractivity contribution in [3.8, 4) is 0 Å². The molecule has 1 aromatic carbocycles. The van der Waals surface area contributed by atoms with E-state index in [1.165, 1.54) is 19.0 Å². The van der Waals surface area contributed by atoms with Crippen LogP contribution >= 0.6 is 0 Å². The molecule has 186 valence electrons. The molecular weight excluding hydrogens is 470 g/mol. The summed E-state index contributed by atoms with van der Waals surface area (Å²) in [5.41, 5.74) is 2.46. The highest BCUT2D eigenvalue weighted by atomic mass is 19.1. The first-order valence-corrected chi connectivity index (χ1v) is 11.6. The van der Waals surface area contributed by atoms with Crippen LogP contribution in [0.25, 0.3) is 5.52 Å². The number of nitrogens with zero attached hydrogens (tertiary/aromatic N) is 6. The summed E-state index contributed by atoms with van der Waals surface area (Å²) >= 11 is 0. The molecule has 0 bridgehead atoms. The maximum Gasteiger partial charge on any atom is 0.356 e. The SMILES string of the molecule is Fc1ccc(F)cc1.O=C(O)c1cn2c(n1)CN(C(=O)c1cnn3ccc(N4CCCC4)cc13)CC2. The molecule has 1 saturated heterocycles. The fourth-order valence-corrected chi connectivity index (χ4v) is 4.43. The van der Waals surface area contributed by atoms with E-state index in [9.17, 15) is 18.4 Å². The Labute approximate surface area is 205 Å². The summed E-state index contributed by atoms with van der Waals surface area (Å²) in [6.07, 6.45) is 7.40. The van der Waals surface area contributed by atoms with E-state index in [-0.39, 0.29) is 18.1 Å². The van der Waals surface area contributed by atoms with Gasteiger partial charge in [-0.2, -0.15) is 5.10 Å². The van der Waals surface area contributed by atoms with E-state index in [0.29, 0.717) is 24.5 Å². The monoisotopic (exact) mass is 494 g/mol. The van der Waals surface area contributed by atoms with Gasteiger partial charge >= 0.3 is 5.97 Å². The van der Waals surface area contributed by atoms with Gasteiger partial charge in [0.2, 0.25) is 0 Å². The molecule has 0 spiro atoms. The highest BCUT2D eigenvalue weighted by Gasteiger charge is 2.27. The lowest BCUT2D eigenvalue weighted by atomic mass is 10.2. The maximum absolute atomic E-state index is 13.2. The average molecular weight is 495 g/mol. The number of carboxylic acids is 1. The van der Waals surface area contributed by atoms with Crippen molar-refractivity contribution in [1.29, 1.82) is 0 Å². The third-order valence-corrected chi connectivity index (χ3v) is 6.32. The number of amides is 1. The summed E-state index contributed by atoms with van der Waals surface area (Å²) in [6, 6.07) is 8.37. The lowest BCUT2D eigenvalue weighted by molar-refractivity contribution is 0.0689. The largest absolute Gasteiger partial charge is 0.476 e. The number of aromatic nitrogens is 4. The quantitative estimate of drug-likeness (QED) is 0.469. The fraction of sp³-hybridized carbons (Fsp3) is 0.280. The summed E-state index contributed by atoms with van der Waals surface area (Å²) in [5, 5.41) is 13.4. The predicted octanol–water partition coefficient (Wildman–Crippen LogP) is 3.45. The van der Waals surface area contributed by atoms with Crippen molar-refractivity contribution in [2.45, 2.75) is 25.9 Å². The highest BCUT2D eigenvalue weighted by Crippen LogP contribution is 2.25. The van der Waals surface area contributed by atoms with Gasteiger partial charge in [-0.1, -0.05) is 0 Å². The topological polar surface area (TPSA) is 96.0 Å². The minimum atomic E-state index is -1.06. The standard InChI is InChI=1S/C19H20N6O3.C6H4F2/c26-18(24-8-7-23-11-15(19(27)28)21-17(23)12-24)14-10-20-25-6-3-13(9-16(14)25)22-4-1-2-5-22;7-5-1-2-6(8)4-3-5/h3,6,9-11H,1-2,4-5,7-8,12H2,(H,27,28);1-4H. The molecule has 0 atom stereocenters. The third kappa shape index (κ3) is 4.77. The molecule has 36 heavy (non-hydrogen) atoms. The second-order valence-corrected chi connectivity index (χ2v) is 8.67. The first kappa shape index (κ1) is 23.5. The van der Waals surface area contributed by atoms with E-state index >= 15 is 0 Å². The number of pyridine rings is 1. The lowest BCUT2D eigenvalue weighted by Gasteiger charge is -2.27. The number of fused-ring (bicyclic) bond motifs is 2. The first-order valence-electron chi connectivity index (χ1n) is 11.6. The van der Waals surface area contributed by atoms with Crippen LogP contribution in [0.5, 0.6) is 0 Å². The lowest BCUT2D eigenvalue weighted by Crippen LogP contribution is -2.38. The zero-order chi connectivity index (χ0) is 25.2. The number of imidazole rings is 1. The van der Waals surface area contributed by atoms with E-state index in [4.69, 9.17) is 5.11 Å². The van der Waals surface area contributed by atoms with E-state index < -0.39 is 17.6 Å². The number of carboxylic acid groups (broad SMARTS) is 1. The van der Waals surface area contributed by atoms with Crippen LogP contribution < -0.4 is 4.90 Å². The first-order chi connectivity index (χ1) is 17.4. The Hall–Kier alpha value is -4.28. The van der Waals surface area contributed by atoms with Crippen LogP contribution in [-0.2, 0) is 13.1 Å². The van der Waals surface area contributed by atoms with Gasteiger partial charge < -0.3 is 19.5 Å². The normalized spacial score (nSPS) is 14.9. The van der Waals surface area contributed by atoms with Crippen LogP contribution in [0.1, 0.15) is 39.5 Å². The van der Waals surface area contributed by atoms with E-state index in [1.54, 1.807) is 20.2 Å². The summed E-state index contributed by atoms with van der Waals surface area (Å²) in [5.74, 6) is -1.40. The summed E-state index contributed by atoms with van der Waals surface area (Å²) in [6.45, 7) is 3.39. The molecule has 1 fully saturated rings. The molecule has 0 radical (unpaired) electrons. The third-order valence-electron chi connectivity index (χ3n) is 6.32. The minimum Gasteiger partial charge on any atom is -0.476 e. The number of carbonyl (C=O) groups excluding carboxylic acids is 1. The Bertz CT molecular complexity index is 1390. The van der Waals surface area contributed by atoms with E-state index in [0.717, 1.165) is 48.6 Å². The molecule has 0 aliphatic carbocycles. The molecule has 5 heterocycles. The van der Waals surface area contributed by atoms with Gasteiger partial charge in [0.05, 0.1) is 23.8 Å². The molecule has 2 aliphatic rings. The number of hydrogen-bond donors (Lipinski definition) is 1. The van der Waals surface area contributed by atoms with Crippen LogP contribution in [0, 0.1) is 11.6 Å². The van der Waals surface area contributed by atoms with Crippen molar-refractivity contribution in [2.24, 2.45) is 0 Å². The van der Waals surface area contributed by atoms with Crippen molar-refractivity contribution in [1.82, 2.24) is 24.1 Å². The molecule has 2 aliphatic heterocycles. The molecule has 0 unspecified atom stereocenters. The van der Waals surface area contributed by atoms with Gasteiger partial charge in [-0.3, -0.25) is 4.79 Å². The van der Waals surface area contributed by atoms with E-state index in [2.05, 4.69) is 15.0 Å². The van der Waals surface area contributed by atoms with Crippen molar-refractivity contribution < 1.29 is 23.5 Å². The number of halogens is 2. The van der Waals surface area contributed by atoms with Crippen LogP contribution in [0.15, 0.2) is 55.0 Å². The number of hydrogen-bond acceptors (Lipinski definition) is 5. The fourth-order valence-electron chi connectivity index (χ4n) is 4.43. The van der Waals surface area contributed by atoms with Gasteiger partial charge in [0.15, 0.2) is 5.69 Å². The zero-order valence-corrected chi connectivity index (χ0v) is 19.3. The second kappa shape index (κ2) is 9.76. The molecule has 11 heteroatoms. The number of aromatic carboxylic acids is 1. The van der Waals surface area contributed by atoms with Crippen molar-refractivity contribution in [2.75, 3.05) is 24.5 Å². The van der Waals surface area contributed by atoms with Crippen LogP contribution in [0.3, 0.4) is 0 Å². The Morgan fingerprint density at radius 2 is 1.64 bits per heavy atom. The molecule has 6 rings (SSSR count). The Morgan fingerprint density at radius 3 is 2.31 bits per heavy atom. The highest BCUT2D eigenvalue weighted by molar-refractivity contribution is 6.01. The number of carbonyl (C=O) groups is 2.